The molecule has 0 spiro atoms. The van der Waals surface area contributed by atoms with Crippen molar-refractivity contribution in [3.8, 4) is 6.07 Å². The lowest BCUT2D eigenvalue weighted by atomic mass is 10.2. The number of carbonyl (C=O) groups excluding carboxylic acids is 2. The summed E-state index contributed by atoms with van der Waals surface area (Å²) in [5, 5.41) is 14.7. The summed E-state index contributed by atoms with van der Waals surface area (Å²) in [5.41, 5.74) is 2.06. The summed E-state index contributed by atoms with van der Waals surface area (Å²) in [6.45, 7) is 0. The molecule has 2 aromatic carbocycles. The molecular weight excluding hydrogens is 358 g/mol. The fraction of sp³-hybridized carbons (Fsp3) is 0.0500. The number of carbonyl (C=O) groups is 2. The molecule has 138 valence electrons. The Hall–Kier alpha value is -4.25. The van der Waals surface area contributed by atoms with Gasteiger partial charge in [-0.05, 0) is 36.4 Å². The first-order valence-electron chi connectivity index (χ1n) is 8.18. The van der Waals surface area contributed by atoms with Gasteiger partial charge in [-0.1, -0.05) is 12.1 Å². The predicted molar refractivity (Wildman–Crippen MR) is 102 cm³/mol. The molecular formula is C20H15N5O3. The Balaban J connectivity index is 1.75. The van der Waals surface area contributed by atoms with Crippen LogP contribution in [0.3, 0.4) is 0 Å². The maximum absolute atomic E-state index is 12.5. The molecule has 0 unspecified atom stereocenters. The van der Waals surface area contributed by atoms with Gasteiger partial charge in [0.1, 0.15) is 17.8 Å². The maximum atomic E-state index is 12.5. The summed E-state index contributed by atoms with van der Waals surface area (Å²) in [4.78, 5) is 32.1. The highest BCUT2D eigenvalue weighted by atomic mass is 16.5. The van der Waals surface area contributed by atoms with E-state index in [2.05, 4.69) is 31.4 Å². The largest absolute Gasteiger partial charge is 0.465 e. The minimum atomic E-state index is -0.496. The van der Waals surface area contributed by atoms with Gasteiger partial charge in [0, 0.05) is 17.4 Å². The van der Waals surface area contributed by atoms with E-state index >= 15 is 0 Å². The van der Waals surface area contributed by atoms with Gasteiger partial charge in [-0.3, -0.25) is 4.79 Å². The molecule has 8 nitrogen and oxygen atoms in total. The van der Waals surface area contributed by atoms with E-state index in [0.717, 1.165) is 0 Å². The fourth-order valence-corrected chi connectivity index (χ4v) is 2.40. The first-order valence-corrected chi connectivity index (χ1v) is 8.18. The van der Waals surface area contributed by atoms with Crippen LogP contribution in [0.15, 0.2) is 60.9 Å². The van der Waals surface area contributed by atoms with Crippen LogP contribution in [0, 0.1) is 11.3 Å². The zero-order valence-electron chi connectivity index (χ0n) is 14.8. The number of anilines is 3. The third kappa shape index (κ3) is 4.47. The van der Waals surface area contributed by atoms with Gasteiger partial charge in [-0.25, -0.2) is 14.8 Å². The third-order valence-electron chi connectivity index (χ3n) is 3.71. The van der Waals surface area contributed by atoms with Gasteiger partial charge in [0.05, 0.1) is 24.3 Å². The molecule has 1 aromatic heterocycles. The molecule has 2 N–H and O–H groups in total. The van der Waals surface area contributed by atoms with Crippen LogP contribution in [-0.4, -0.2) is 29.0 Å². The monoisotopic (exact) mass is 373 g/mol. The zero-order valence-corrected chi connectivity index (χ0v) is 14.8. The van der Waals surface area contributed by atoms with Crippen LogP contribution in [0.25, 0.3) is 0 Å². The Morgan fingerprint density at radius 2 is 1.82 bits per heavy atom. The fourth-order valence-electron chi connectivity index (χ4n) is 2.40. The molecule has 28 heavy (non-hydrogen) atoms. The van der Waals surface area contributed by atoms with Crippen LogP contribution in [-0.2, 0) is 4.74 Å². The van der Waals surface area contributed by atoms with Gasteiger partial charge in [-0.2, -0.15) is 5.26 Å². The SMILES string of the molecule is COC(=O)c1cccc(NC(=O)c2cc(Nc3cccc(C#N)c3)ncn2)c1. The summed E-state index contributed by atoms with van der Waals surface area (Å²) in [5.74, 6) is -0.555. The predicted octanol–water partition coefficient (Wildman–Crippen LogP) is 3.13. The lowest BCUT2D eigenvalue weighted by Crippen LogP contribution is -2.15. The van der Waals surface area contributed by atoms with Gasteiger partial charge in [0.15, 0.2) is 0 Å². The highest BCUT2D eigenvalue weighted by molar-refractivity contribution is 6.04. The lowest BCUT2D eigenvalue weighted by molar-refractivity contribution is 0.0600. The molecule has 3 rings (SSSR count). The molecule has 0 aliphatic heterocycles. The molecule has 1 heterocycles. The summed E-state index contributed by atoms with van der Waals surface area (Å²) < 4.78 is 4.67. The van der Waals surface area contributed by atoms with Crippen LogP contribution in [0.1, 0.15) is 26.4 Å². The molecule has 0 saturated heterocycles. The van der Waals surface area contributed by atoms with E-state index in [4.69, 9.17) is 5.26 Å². The summed E-state index contributed by atoms with van der Waals surface area (Å²) in [7, 11) is 1.29. The number of hydrogen-bond donors (Lipinski definition) is 2. The van der Waals surface area contributed by atoms with Gasteiger partial charge in [0.25, 0.3) is 5.91 Å². The molecule has 0 bridgehead atoms. The second kappa shape index (κ2) is 8.42. The van der Waals surface area contributed by atoms with Crippen LogP contribution in [0.2, 0.25) is 0 Å². The molecule has 3 aromatic rings. The van der Waals surface area contributed by atoms with Gasteiger partial charge >= 0.3 is 5.97 Å². The van der Waals surface area contributed by atoms with Crippen molar-refractivity contribution >= 4 is 29.1 Å². The van der Waals surface area contributed by atoms with E-state index < -0.39 is 11.9 Å². The normalized spacial score (nSPS) is 9.86. The van der Waals surface area contributed by atoms with E-state index in [1.807, 2.05) is 0 Å². The van der Waals surface area contributed by atoms with E-state index in [9.17, 15) is 9.59 Å². The van der Waals surface area contributed by atoms with Crippen molar-refractivity contribution in [2.45, 2.75) is 0 Å². The number of benzene rings is 2. The van der Waals surface area contributed by atoms with Crippen molar-refractivity contribution in [1.29, 1.82) is 5.26 Å². The summed E-state index contributed by atoms with van der Waals surface area (Å²) in [6.07, 6.45) is 1.26. The Kier molecular flexibility index (Phi) is 5.58. The molecule has 0 radical (unpaired) electrons. The zero-order chi connectivity index (χ0) is 19.9. The Morgan fingerprint density at radius 1 is 1.04 bits per heavy atom. The van der Waals surface area contributed by atoms with Gasteiger partial charge in [-0.15, -0.1) is 0 Å². The Labute approximate surface area is 160 Å². The minimum Gasteiger partial charge on any atom is -0.465 e. The molecule has 0 atom stereocenters. The van der Waals surface area contributed by atoms with Crippen LogP contribution in [0.5, 0.6) is 0 Å². The van der Waals surface area contributed by atoms with E-state index in [-0.39, 0.29) is 5.69 Å². The summed E-state index contributed by atoms with van der Waals surface area (Å²) in [6, 6.07) is 16.8. The summed E-state index contributed by atoms with van der Waals surface area (Å²) >= 11 is 0. The van der Waals surface area contributed by atoms with Crippen LogP contribution < -0.4 is 10.6 Å². The number of hydrogen-bond acceptors (Lipinski definition) is 7. The van der Waals surface area contributed by atoms with Crippen LogP contribution >= 0.6 is 0 Å². The standard InChI is InChI=1S/C20H15N5O3/c1-28-20(27)14-5-3-7-16(9-14)25-19(26)17-10-18(23-12-22-17)24-15-6-2-4-13(8-15)11-21/h2-10,12H,1H3,(H,25,26)(H,22,23,24). The van der Waals surface area contributed by atoms with Crippen molar-refractivity contribution in [2.75, 3.05) is 17.7 Å². The van der Waals surface area contributed by atoms with Crippen molar-refractivity contribution in [3.05, 3.63) is 77.7 Å². The topological polar surface area (TPSA) is 117 Å². The van der Waals surface area contributed by atoms with Crippen molar-refractivity contribution in [1.82, 2.24) is 9.97 Å². The third-order valence-corrected chi connectivity index (χ3v) is 3.71. The highest BCUT2D eigenvalue weighted by Crippen LogP contribution is 2.17. The number of esters is 1. The van der Waals surface area contributed by atoms with Gasteiger partial charge < -0.3 is 15.4 Å². The van der Waals surface area contributed by atoms with E-state index in [1.165, 1.54) is 25.6 Å². The maximum Gasteiger partial charge on any atom is 0.337 e. The second-order valence-corrected chi connectivity index (χ2v) is 5.63. The number of rotatable bonds is 5. The highest BCUT2D eigenvalue weighted by Gasteiger charge is 2.11. The lowest BCUT2D eigenvalue weighted by Gasteiger charge is -2.08. The van der Waals surface area contributed by atoms with Crippen LogP contribution in [0.4, 0.5) is 17.2 Å². The quantitative estimate of drug-likeness (QED) is 0.660. The number of aromatic nitrogens is 2. The number of nitrogens with one attached hydrogen (secondary N) is 2. The second-order valence-electron chi connectivity index (χ2n) is 5.63. The number of ether oxygens (including phenoxy) is 1. The molecule has 1 amide bonds. The van der Waals surface area contributed by atoms with E-state index in [0.29, 0.717) is 28.3 Å². The Bertz CT molecular complexity index is 1080. The molecule has 8 heteroatoms. The minimum absolute atomic E-state index is 0.136. The van der Waals surface area contributed by atoms with Crippen molar-refractivity contribution in [3.63, 3.8) is 0 Å². The molecule has 0 saturated carbocycles. The van der Waals surface area contributed by atoms with Crippen molar-refractivity contribution < 1.29 is 14.3 Å². The number of amides is 1. The average molecular weight is 373 g/mol. The molecule has 0 aliphatic carbocycles. The number of nitrogens with zero attached hydrogens (tertiary/aromatic N) is 3. The number of methoxy groups -OCH3 is 1. The Morgan fingerprint density at radius 3 is 2.61 bits per heavy atom. The van der Waals surface area contributed by atoms with Crippen molar-refractivity contribution in [2.24, 2.45) is 0 Å². The average Bonchev–Trinajstić information content (AvgIpc) is 2.73. The van der Waals surface area contributed by atoms with E-state index in [1.54, 1.807) is 42.5 Å². The first-order chi connectivity index (χ1) is 13.6. The first kappa shape index (κ1) is 18.5. The molecule has 0 fully saturated rings. The smallest absolute Gasteiger partial charge is 0.337 e. The number of nitriles is 1. The van der Waals surface area contributed by atoms with Gasteiger partial charge in [0.2, 0.25) is 0 Å². The molecule has 0 aliphatic rings.